The molecule has 4 nitrogen and oxygen atoms in total. The first-order valence-corrected chi connectivity index (χ1v) is 9.93. The molecular weight excluding hydrogens is 384 g/mol. The maximum absolute atomic E-state index is 10.9. The molecule has 5 heteroatoms. The Morgan fingerprint density at radius 3 is 2.59 bits per heavy atom. The van der Waals surface area contributed by atoms with Crippen LogP contribution in [-0.2, 0) is 11.2 Å². The highest BCUT2D eigenvalue weighted by Crippen LogP contribution is 2.29. The zero-order chi connectivity index (χ0) is 19.5. The van der Waals surface area contributed by atoms with E-state index >= 15 is 0 Å². The van der Waals surface area contributed by atoms with Crippen LogP contribution in [0.5, 0.6) is 0 Å². The number of nitrogens with one attached hydrogen (secondary N) is 1. The third-order valence-corrected chi connectivity index (χ3v) is 5.61. The van der Waals surface area contributed by atoms with Crippen LogP contribution < -0.4 is 10.2 Å². The van der Waals surface area contributed by atoms with Gasteiger partial charge in [0.15, 0.2) is 0 Å². The summed E-state index contributed by atoms with van der Waals surface area (Å²) in [6.07, 6.45) is 2.60. The number of benzene rings is 3. The molecule has 0 amide bonds. The minimum atomic E-state index is -0.794. The fraction of sp³-hybridized carbons (Fsp3) is 0.292. The summed E-state index contributed by atoms with van der Waals surface area (Å²) in [4.78, 5) is 13.3. The number of carboxylic acid groups (broad SMARTS) is 1. The van der Waals surface area contributed by atoms with Crippen molar-refractivity contribution in [2.45, 2.75) is 38.4 Å². The lowest BCUT2D eigenvalue weighted by Gasteiger charge is -2.31. The van der Waals surface area contributed by atoms with Gasteiger partial charge in [0.2, 0.25) is 0 Å². The van der Waals surface area contributed by atoms with E-state index in [4.69, 9.17) is 5.11 Å². The van der Waals surface area contributed by atoms with Gasteiger partial charge in [0.1, 0.15) is 0 Å². The van der Waals surface area contributed by atoms with Gasteiger partial charge >= 0.3 is 5.97 Å². The number of carboxylic acids is 1. The van der Waals surface area contributed by atoms with Crippen LogP contribution in [0.4, 0.5) is 5.69 Å². The predicted molar refractivity (Wildman–Crippen MR) is 121 cm³/mol. The molecule has 1 saturated heterocycles. The number of halogens is 1. The van der Waals surface area contributed by atoms with Gasteiger partial charge in [-0.3, -0.25) is 10.1 Å². The Kier molecular flexibility index (Phi) is 6.78. The molecule has 3 aromatic carbocycles. The van der Waals surface area contributed by atoms with Crippen LogP contribution in [0.3, 0.4) is 0 Å². The minimum absolute atomic E-state index is 0. The van der Waals surface area contributed by atoms with Crippen molar-refractivity contribution in [2.75, 3.05) is 11.4 Å². The van der Waals surface area contributed by atoms with E-state index in [1.54, 1.807) is 0 Å². The Hall–Kier alpha value is -2.56. The Bertz CT molecular complexity index is 969. The third kappa shape index (κ3) is 4.72. The number of rotatable bonds is 6. The smallest absolute Gasteiger partial charge is 0.307 e. The molecule has 3 aromatic rings. The summed E-state index contributed by atoms with van der Waals surface area (Å²) in [5.74, 6) is -0.794. The number of nitrogens with zero attached hydrogens (tertiary/aromatic N) is 1. The van der Waals surface area contributed by atoms with E-state index in [2.05, 4.69) is 59.6 Å². The monoisotopic (exact) mass is 410 g/mol. The lowest BCUT2D eigenvalue weighted by molar-refractivity contribution is -0.136. The average molecular weight is 411 g/mol. The molecule has 2 atom stereocenters. The van der Waals surface area contributed by atoms with Crippen LogP contribution in [0.15, 0.2) is 66.7 Å². The second kappa shape index (κ2) is 9.29. The van der Waals surface area contributed by atoms with Crippen LogP contribution in [0, 0.1) is 0 Å². The second-order valence-electron chi connectivity index (χ2n) is 7.55. The summed E-state index contributed by atoms with van der Waals surface area (Å²) in [6.45, 7) is 3.24. The number of hydrogen-bond donors (Lipinski definition) is 2. The molecule has 0 aromatic heterocycles. The SMILES string of the molecule is CC(NC1CCCN1c1ccc(CC(=O)O)cc1)c1cccc2ccccc12.Cl. The summed E-state index contributed by atoms with van der Waals surface area (Å²) in [6, 6.07) is 23.2. The van der Waals surface area contributed by atoms with E-state index in [0.29, 0.717) is 0 Å². The molecule has 0 aliphatic carbocycles. The highest BCUT2D eigenvalue weighted by Gasteiger charge is 2.26. The molecule has 1 aliphatic heterocycles. The van der Waals surface area contributed by atoms with Crippen molar-refractivity contribution in [1.29, 1.82) is 0 Å². The molecule has 1 fully saturated rings. The first-order valence-electron chi connectivity index (χ1n) is 9.93. The van der Waals surface area contributed by atoms with Crippen LogP contribution >= 0.6 is 12.4 Å². The van der Waals surface area contributed by atoms with E-state index in [0.717, 1.165) is 30.6 Å². The lowest BCUT2D eigenvalue weighted by Crippen LogP contribution is -2.42. The van der Waals surface area contributed by atoms with Gasteiger partial charge in [-0.2, -0.15) is 0 Å². The number of carbonyl (C=O) groups is 1. The van der Waals surface area contributed by atoms with E-state index in [-0.39, 0.29) is 31.0 Å². The highest BCUT2D eigenvalue weighted by atomic mass is 35.5. The summed E-state index contributed by atoms with van der Waals surface area (Å²) in [5.41, 5.74) is 3.31. The van der Waals surface area contributed by atoms with Gasteiger partial charge < -0.3 is 10.0 Å². The molecule has 29 heavy (non-hydrogen) atoms. The summed E-state index contributed by atoms with van der Waals surface area (Å²) in [7, 11) is 0. The molecule has 2 unspecified atom stereocenters. The fourth-order valence-corrected chi connectivity index (χ4v) is 4.24. The molecule has 1 heterocycles. The maximum Gasteiger partial charge on any atom is 0.307 e. The van der Waals surface area contributed by atoms with Crippen molar-refractivity contribution < 1.29 is 9.90 Å². The van der Waals surface area contributed by atoms with Crippen LogP contribution in [0.25, 0.3) is 10.8 Å². The van der Waals surface area contributed by atoms with Gasteiger partial charge in [-0.1, -0.05) is 54.6 Å². The van der Waals surface area contributed by atoms with E-state index < -0.39 is 5.97 Å². The Morgan fingerprint density at radius 2 is 1.83 bits per heavy atom. The first kappa shape index (κ1) is 21.2. The summed E-state index contributed by atoms with van der Waals surface area (Å²) in [5, 5.41) is 15.3. The van der Waals surface area contributed by atoms with Gasteiger partial charge in [0.25, 0.3) is 0 Å². The quantitative estimate of drug-likeness (QED) is 0.588. The van der Waals surface area contributed by atoms with E-state index in [9.17, 15) is 4.79 Å². The molecule has 2 N–H and O–H groups in total. The van der Waals surface area contributed by atoms with E-state index in [1.165, 1.54) is 16.3 Å². The normalized spacial score (nSPS) is 17.1. The van der Waals surface area contributed by atoms with Gasteiger partial charge in [0.05, 0.1) is 12.6 Å². The second-order valence-corrected chi connectivity index (χ2v) is 7.55. The standard InChI is InChI=1S/C24H26N2O2.ClH/c1-17(21-9-4-7-19-6-2-3-8-22(19)21)25-23-10-5-15-26(23)20-13-11-18(12-14-20)16-24(27)28;/h2-4,6-9,11-14,17,23,25H,5,10,15-16H2,1H3,(H,27,28);1H. The topological polar surface area (TPSA) is 52.6 Å². The molecule has 0 saturated carbocycles. The fourth-order valence-electron chi connectivity index (χ4n) is 4.24. The van der Waals surface area contributed by atoms with Gasteiger partial charge in [-0.15, -0.1) is 12.4 Å². The zero-order valence-corrected chi connectivity index (χ0v) is 17.4. The van der Waals surface area contributed by atoms with Crippen molar-refractivity contribution in [3.8, 4) is 0 Å². The van der Waals surface area contributed by atoms with Crippen molar-refractivity contribution >= 4 is 34.8 Å². The van der Waals surface area contributed by atoms with Gasteiger partial charge in [-0.25, -0.2) is 0 Å². The summed E-state index contributed by atoms with van der Waals surface area (Å²) >= 11 is 0. The van der Waals surface area contributed by atoms with Crippen molar-refractivity contribution in [3.63, 3.8) is 0 Å². The number of anilines is 1. The van der Waals surface area contributed by atoms with Crippen molar-refractivity contribution in [1.82, 2.24) is 5.32 Å². The summed E-state index contributed by atoms with van der Waals surface area (Å²) < 4.78 is 0. The molecule has 1 aliphatic rings. The molecule has 0 spiro atoms. The largest absolute Gasteiger partial charge is 0.481 e. The van der Waals surface area contributed by atoms with Crippen LogP contribution in [0.1, 0.15) is 36.9 Å². The Labute approximate surface area is 178 Å². The van der Waals surface area contributed by atoms with Crippen LogP contribution in [-0.4, -0.2) is 23.8 Å². The maximum atomic E-state index is 10.9. The van der Waals surface area contributed by atoms with Crippen LogP contribution in [0.2, 0.25) is 0 Å². The number of fused-ring (bicyclic) bond motifs is 1. The molecule has 0 radical (unpaired) electrons. The highest BCUT2D eigenvalue weighted by molar-refractivity contribution is 5.86. The predicted octanol–water partition coefficient (Wildman–Crippen LogP) is 5.17. The van der Waals surface area contributed by atoms with Crippen molar-refractivity contribution in [3.05, 3.63) is 77.9 Å². The van der Waals surface area contributed by atoms with Gasteiger partial charge in [-0.05, 0) is 53.8 Å². The van der Waals surface area contributed by atoms with Crippen molar-refractivity contribution in [2.24, 2.45) is 0 Å². The number of hydrogen-bond acceptors (Lipinski definition) is 3. The molecule has 4 rings (SSSR count). The molecule has 152 valence electrons. The minimum Gasteiger partial charge on any atom is -0.481 e. The lowest BCUT2D eigenvalue weighted by atomic mass is 9.99. The molecular formula is C24H27ClN2O2. The first-order chi connectivity index (χ1) is 13.6. The average Bonchev–Trinajstić information content (AvgIpc) is 3.15. The third-order valence-electron chi connectivity index (χ3n) is 5.61. The zero-order valence-electron chi connectivity index (χ0n) is 16.5. The molecule has 0 bridgehead atoms. The van der Waals surface area contributed by atoms with Gasteiger partial charge in [0, 0.05) is 18.3 Å². The number of aliphatic carboxylic acids is 1. The Balaban J connectivity index is 0.00000240. The Morgan fingerprint density at radius 1 is 1.10 bits per heavy atom. The van der Waals surface area contributed by atoms with E-state index in [1.807, 2.05) is 24.3 Å².